The second-order valence-corrected chi connectivity index (χ2v) is 6.38. The average molecular weight is 380 g/mol. The van der Waals surface area contributed by atoms with E-state index in [-0.39, 0.29) is 17.6 Å². The number of hydrogen-bond donors (Lipinski definition) is 1. The van der Waals surface area contributed by atoms with Crippen molar-refractivity contribution in [1.29, 1.82) is 0 Å². The lowest BCUT2D eigenvalue weighted by molar-refractivity contribution is 0.0934. The summed E-state index contributed by atoms with van der Waals surface area (Å²) in [5.41, 5.74) is 3.25. The molecule has 0 aliphatic heterocycles. The van der Waals surface area contributed by atoms with Crippen LogP contribution in [0.25, 0.3) is 5.69 Å². The van der Waals surface area contributed by atoms with Gasteiger partial charge in [-0.3, -0.25) is 4.79 Å². The third kappa shape index (κ3) is 4.14. The van der Waals surface area contributed by atoms with Gasteiger partial charge in [-0.2, -0.15) is 0 Å². The van der Waals surface area contributed by atoms with Crippen LogP contribution in [0, 0.1) is 0 Å². The van der Waals surface area contributed by atoms with E-state index in [1.54, 1.807) is 25.1 Å². The van der Waals surface area contributed by atoms with Crippen molar-refractivity contribution >= 4 is 5.91 Å². The van der Waals surface area contributed by atoms with Crippen molar-refractivity contribution < 1.29 is 14.3 Å². The average Bonchev–Trinajstić information content (AvgIpc) is 3.23. The molecule has 7 nitrogen and oxygen atoms in total. The van der Waals surface area contributed by atoms with Crippen LogP contribution in [-0.4, -0.2) is 35.1 Å². The molecule has 0 fully saturated rings. The fourth-order valence-electron chi connectivity index (χ4n) is 2.85. The molecular weight excluding hydrogens is 356 g/mol. The third-order valence-electron chi connectivity index (χ3n) is 4.59. The monoisotopic (exact) mass is 380 g/mol. The van der Waals surface area contributed by atoms with Crippen molar-refractivity contribution in [1.82, 2.24) is 20.3 Å². The molecule has 0 aliphatic rings. The minimum atomic E-state index is -0.293. The van der Waals surface area contributed by atoms with Crippen LogP contribution in [0.3, 0.4) is 0 Å². The van der Waals surface area contributed by atoms with Crippen LogP contribution >= 0.6 is 0 Å². The van der Waals surface area contributed by atoms with Crippen LogP contribution in [0.2, 0.25) is 0 Å². The van der Waals surface area contributed by atoms with E-state index in [4.69, 9.17) is 9.47 Å². The normalized spacial score (nSPS) is 11.7. The summed E-state index contributed by atoms with van der Waals surface area (Å²) >= 11 is 0. The summed E-state index contributed by atoms with van der Waals surface area (Å²) in [5, 5.41) is 11.0. The first-order chi connectivity index (χ1) is 13.5. The molecule has 1 amide bonds. The van der Waals surface area contributed by atoms with Crippen LogP contribution in [0.4, 0.5) is 0 Å². The Morgan fingerprint density at radius 1 is 1.11 bits per heavy atom. The minimum Gasteiger partial charge on any atom is -0.493 e. The number of aryl methyl sites for hydroxylation is 1. The van der Waals surface area contributed by atoms with Crippen LogP contribution in [0.15, 0.2) is 48.7 Å². The summed E-state index contributed by atoms with van der Waals surface area (Å²) in [6, 6.07) is 13.3. The summed E-state index contributed by atoms with van der Waals surface area (Å²) in [6.07, 6.45) is 2.59. The number of methoxy groups -OCH3 is 2. The highest BCUT2D eigenvalue weighted by molar-refractivity contribution is 5.92. The molecule has 3 rings (SSSR count). The molecule has 1 heterocycles. The third-order valence-corrected chi connectivity index (χ3v) is 4.59. The van der Waals surface area contributed by atoms with E-state index in [0.29, 0.717) is 11.5 Å². The predicted molar refractivity (Wildman–Crippen MR) is 106 cm³/mol. The number of amides is 1. The zero-order valence-electron chi connectivity index (χ0n) is 16.5. The quantitative estimate of drug-likeness (QED) is 0.680. The largest absolute Gasteiger partial charge is 0.493 e. The Kier molecular flexibility index (Phi) is 5.93. The Morgan fingerprint density at radius 3 is 2.46 bits per heavy atom. The molecule has 0 saturated heterocycles. The summed E-state index contributed by atoms with van der Waals surface area (Å²) < 4.78 is 12.2. The molecule has 3 aromatic rings. The lowest BCUT2D eigenvalue weighted by Crippen LogP contribution is -2.27. The van der Waals surface area contributed by atoms with Gasteiger partial charge in [-0.1, -0.05) is 30.3 Å². The number of aromatic nitrogens is 3. The molecule has 0 aliphatic carbocycles. The molecule has 7 heteroatoms. The summed E-state index contributed by atoms with van der Waals surface area (Å²) in [7, 11) is 3.16. The molecule has 0 spiro atoms. The highest BCUT2D eigenvalue weighted by atomic mass is 16.5. The Balaban J connectivity index is 1.71. The molecule has 0 bridgehead atoms. The first-order valence-electron chi connectivity index (χ1n) is 9.10. The zero-order valence-corrected chi connectivity index (χ0v) is 16.5. The Hall–Kier alpha value is -3.35. The summed E-state index contributed by atoms with van der Waals surface area (Å²) in [6.45, 7) is 4.00. The molecule has 0 saturated carbocycles. The van der Waals surface area contributed by atoms with Crippen molar-refractivity contribution in [2.24, 2.45) is 0 Å². The highest BCUT2D eigenvalue weighted by Crippen LogP contribution is 2.29. The van der Waals surface area contributed by atoms with Gasteiger partial charge in [0.15, 0.2) is 17.2 Å². The Morgan fingerprint density at radius 2 is 1.82 bits per heavy atom. The standard InChI is InChI=1S/C21H24N4O3/c1-5-15-6-9-17(10-7-15)25-13-18(23-24-25)21(26)22-14(2)16-8-11-19(27-3)20(12-16)28-4/h6-14H,5H2,1-4H3,(H,22,26)/t14-/m1/s1. The highest BCUT2D eigenvalue weighted by Gasteiger charge is 2.16. The molecule has 28 heavy (non-hydrogen) atoms. The fraction of sp³-hybridized carbons (Fsp3) is 0.286. The maximum atomic E-state index is 12.6. The number of rotatable bonds is 7. The SMILES string of the molecule is CCc1ccc(-n2cc(C(=O)N[C@H](C)c3ccc(OC)c(OC)c3)nn2)cc1. The van der Waals surface area contributed by atoms with Crippen molar-refractivity contribution in [3.63, 3.8) is 0 Å². The number of carbonyl (C=O) groups excluding carboxylic acids is 1. The summed E-state index contributed by atoms with van der Waals surface area (Å²) in [5.74, 6) is 0.961. The molecule has 2 aromatic carbocycles. The molecule has 146 valence electrons. The van der Waals surface area contributed by atoms with Gasteiger partial charge < -0.3 is 14.8 Å². The van der Waals surface area contributed by atoms with Gasteiger partial charge in [0.05, 0.1) is 32.1 Å². The van der Waals surface area contributed by atoms with Gasteiger partial charge in [-0.15, -0.1) is 5.10 Å². The smallest absolute Gasteiger partial charge is 0.273 e. The second-order valence-electron chi connectivity index (χ2n) is 6.38. The maximum absolute atomic E-state index is 12.6. The summed E-state index contributed by atoms with van der Waals surface area (Å²) in [4.78, 5) is 12.6. The molecule has 0 radical (unpaired) electrons. The van der Waals surface area contributed by atoms with Gasteiger partial charge in [0, 0.05) is 0 Å². The first-order valence-corrected chi connectivity index (χ1v) is 9.10. The van der Waals surface area contributed by atoms with Gasteiger partial charge in [-0.25, -0.2) is 4.68 Å². The van der Waals surface area contributed by atoms with Crippen LogP contribution < -0.4 is 14.8 Å². The van der Waals surface area contributed by atoms with E-state index in [1.807, 2.05) is 49.4 Å². The second kappa shape index (κ2) is 8.56. The molecule has 1 aromatic heterocycles. The minimum absolute atomic E-state index is 0.235. The maximum Gasteiger partial charge on any atom is 0.273 e. The number of nitrogens with one attached hydrogen (secondary N) is 1. The molecule has 1 atom stereocenters. The Bertz CT molecular complexity index is 951. The molecule has 0 unspecified atom stereocenters. The predicted octanol–water partition coefficient (Wildman–Crippen LogP) is 3.34. The lowest BCUT2D eigenvalue weighted by atomic mass is 10.1. The van der Waals surface area contributed by atoms with E-state index < -0.39 is 0 Å². The van der Waals surface area contributed by atoms with E-state index in [2.05, 4.69) is 22.6 Å². The van der Waals surface area contributed by atoms with Crippen molar-refractivity contribution in [3.8, 4) is 17.2 Å². The number of carbonyl (C=O) groups is 1. The van der Waals surface area contributed by atoms with Gasteiger partial charge >= 0.3 is 0 Å². The fourth-order valence-corrected chi connectivity index (χ4v) is 2.85. The van der Waals surface area contributed by atoms with E-state index in [9.17, 15) is 4.79 Å². The first kappa shape index (κ1) is 19.4. The van der Waals surface area contributed by atoms with Crippen molar-refractivity contribution in [2.75, 3.05) is 14.2 Å². The molecular formula is C21H24N4O3. The topological polar surface area (TPSA) is 78.3 Å². The number of hydrogen-bond acceptors (Lipinski definition) is 5. The number of nitrogens with zero attached hydrogens (tertiary/aromatic N) is 3. The van der Waals surface area contributed by atoms with Crippen LogP contribution in [-0.2, 0) is 6.42 Å². The van der Waals surface area contributed by atoms with Gasteiger partial charge in [0.25, 0.3) is 5.91 Å². The Labute approximate surface area is 164 Å². The van der Waals surface area contributed by atoms with Crippen molar-refractivity contribution in [2.45, 2.75) is 26.3 Å². The van der Waals surface area contributed by atoms with Gasteiger partial charge in [0.2, 0.25) is 0 Å². The van der Waals surface area contributed by atoms with E-state index in [0.717, 1.165) is 17.7 Å². The number of ether oxygens (including phenoxy) is 2. The number of benzene rings is 2. The van der Waals surface area contributed by atoms with Crippen LogP contribution in [0.1, 0.15) is 41.5 Å². The van der Waals surface area contributed by atoms with Gasteiger partial charge in [-0.05, 0) is 48.7 Å². The van der Waals surface area contributed by atoms with E-state index in [1.165, 1.54) is 5.56 Å². The van der Waals surface area contributed by atoms with E-state index >= 15 is 0 Å². The molecule has 1 N–H and O–H groups in total. The van der Waals surface area contributed by atoms with Crippen LogP contribution in [0.5, 0.6) is 11.5 Å². The van der Waals surface area contributed by atoms with Gasteiger partial charge in [0.1, 0.15) is 0 Å². The van der Waals surface area contributed by atoms with Crippen molar-refractivity contribution in [3.05, 3.63) is 65.5 Å². The zero-order chi connectivity index (χ0) is 20.1. The lowest BCUT2D eigenvalue weighted by Gasteiger charge is -2.15.